The van der Waals surface area contributed by atoms with E-state index in [1.165, 1.54) is 12.1 Å². The van der Waals surface area contributed by atoms with Crippen LogP contribution in [0.1, 0.15) is 29.8 Å². The smallest absolute Gasteiger partial charge is 0.409 e. The van der Waals surface area contributed by atoms with Gasteiger partial charge in [0.1, 0.15) is 11.6 Å². The third-order valence-corrected chi connectivity index (χ3v) is 5.69. The Morgan fingerprint density at radius 1 is 1.22 bits per heavy atom. The van der Waals surface area contributed by atoms with Gasteiger partial charge in [-0.15, -0.1) is 0 Å². The van der Waals surface area contributed by atoms with Gasteiger partial charge in [0, 0.05) is 45.5 Å². The number of hydrogen-bond donors (Lipinski definition) is 1. The van der Waals surface area contributed by atoms with Gasteiger partial charge in [0.2, 0.25) is 0 Å². The maximum absolute atomic E-state index is 14.1. The maximum atomic E-state index is 14.1. The van der Waals surface area contributed by atoms with E-state index in [1.54, 1.807) is 48.6 Å². The quantitative estimate of drug-likeness (QED) is 0.702. The average Bonchev–Trinajstić information content (AvgIpc) is 2.77. The van der Waals surface area contributed by atoms with E-state index in [0.717, 1.165) is 0 Å². The van der Waals surface area contributed by atoms with Crippen molar-refractivity contribution in [1.29, 1.82) is 0 Å². The summed E-state index contributed by atoms with van der Waals surface area (Å²) >= 11 is 0. The van der Waals surface area contributed by atoms with Gasteiger partial charge in [0.05, 0.1) is 24.8 Å². The van der Waals surface area contributed by atoms with Crippen molar-refractivity contribution in [3.63, 3.8) is 0 Å². The van der Waals surface area contributed by atoms with Gasteiger partial charge in [-0.05, 0) is 37.6 Å². The molecule has 1 unspecified atom stereocenters. The number of aromatic hydroxyl groups is 1. The standard InChI is InChI=1S/C23H30FN3O5/c1-4-32-23(30)26-10-8-25(9-11-26)21(17-6-5-7-18(24)15-17)20-19(28)14-16(2)27(22(20)29)12-13-31-3/h5-7,14-15,21,28H,4,8-13H2,1-3H3. The summed E-state index contributed by atoms with van der Waals surface area (Å²) in [6.45, 7) is 6.14. The number of rotatable bonds is 7. The maximum Gasteiger partial charge on any atom is 0.409 e. The van der Waals surface area contributed by atoms with Gasteiger partial charge in [-0.2, -0.15) is 0 Å². The predicted molar refractivity (Wildman–Crippen MR) is 117 cm³/mol. The van der Waals surface area contributed by atoms with Gasteiger partial charge >= 0.3 is 6.09 Å². The van der Waals surface area contributed by atoms with Crippen molar-refractivity contribution in [2.75, 3.05) is 46.5 Å². The molecule has 1 fully saturated rings. The van der Waals surface area contributed by atoms with Crippen LogP contribution in [-0.4, -0.2) is 72.1 Å². The Morgan fingerprint density at radius 2 is 1.94 bits per heavy atom. The number of halogens is 1. The Hall–Kier alpha value is -2.91. The lowest BCUT2D eigenvalue weighted by Gasteiger charge is -2.39. The summed E-state index contributed by atoms with van der Waals surface area (Å²) in [6.07, 6.45) is -0.380. The zero-order chi connectivity index (χ0) is 23.3. The monoisotopic (exact) mass is 447 g/mol. The molecule has 0 spiro atoms. The summed E-state index contributed by atoms with van der Waals surface area (Å²) in [6, 6.07) is 6.92. The molecule has 1 atom stereocenters. The number of carbonyl (C=O) groups is 1. The van der Waals surface area contributed by atoms with Crippen molar-refractivity contribution in [2.45, 2.75) is 26.4 Å². The number of carbonyl (C=O) groups excluding carboxylic acids is 1. The molecule has 0 aliphatic carbocycles. The number of methoxy groups -OCH3 is 1. The predicted octanol–water partition coefficient (Wildman–Crippen LogP) is 2.51. The topological polar surface area (TPSA) is 84.2 Å². The molecule has 1 N–H and O–H groups in total. The second-order valence-corrected chi connectivity index (χ2v) is 7.71. The Morgan fingerprint density at radius 3 is 2.56 bits per heavy atom. The van der Waals surface area contributed by atoms with E-state index < -0.39 is 11.9 Å². The molecule has 1 aliphatic rings. The number of hydrogen-bond acceptors (Lipinski definition) is 6. The summed E-state index contributed by atoms with van der Waals surface area (Å²) in [5, 5.41) is 10.8. The van der Waals surface area contributed by atoms with Crippen LogP contribution in [0.4, 0.5) is 9.18 Å². The van der Waals surface area contributed by atoms with Gasteiger partial charge in [-0.25, -0.2) is 9.18 Å². The highest BCUT2D eigenvalue weighted by Gasteiger charge is 2.33. The largest absolute Gasteiger partial charge is 0.507 e. The number of ether oxygens (including phenoxy) is 2. The second kappa shape index (κ2) is 10.6. The molecule has 0 saturated carbocycles. The van der Waals surface area contributed by atoms with Gasteiger partial charge in [-0.3, -0.25) is 9.69 Å². The van der Waals surface area contributed by atoms with Crippen molar-refractivity contribution < 1.29 is 23.8 Å². The molecular formula is C23H30FN3O5. The first-order valence-electron chi connectivity index (χ1n) is 10.7. The summed E-state index contributed by atoms with van der Waals surface area (Å²) in [7, 11) is 1.56. The van der Waals surface area contributed by atoms with Crippen LogP contribution in [0.5, 0.6) is 5.75 Å². The fourth-order valence-electron chi connectivity index (χ4n) is 4.10. The third-order valence-electron chi connectivity index (χ3n) is 5.69. The Bertz CT molecular complexity index is 1000. The number of amides is 1. The van der Waals surface area contributed by atoms with E-state index in [9.17, 15) is 19.1 Å². The van der Waals surface area contributed by atoms with Crippen LogP contribution in [0.25, 0.3) is 0 Å². The van der Waals surface area contributed by atoms with Crippen LogP contribution in [0.2, 0.25) is 0 Å². The summed E-state index contributed by atoms with van der Waals surface area (Å²) in [5.41, 5.74) is 1.01. The molecular weight excluding hydrogens is 417 g/mol. The number of aromatic nitrogens is 1. The minimum absolute atomic E-state index is 0.136. The van der Waals surface area contributed by atoms with Crippen LogP contribution < -0.4 is 5.56 Å². The Kier molecular flexibility index (Phi) is 7.87. The molecule has 0 bridgehead atoms. The molecule has 3 rings (SSSR count). The van der Waals surface area contributed by atoms with E-state index >= 15 is 0 Å². The molecule has 2 heterocycles. The van der Waals surface area contributed by atoms with Gasteiger partial charge in [0.15, 0.2) is 0 Å². The number of nitrogens with zero attached hydrogens (tertiary/aromatic N) is 3. The van der Waals surface area contributed by atoms with Crippen molar-refractivity contribution in [3.05, 3.63) is 63.3 Å². The zero-order valence-corrected chi connectivity index (χ0v) is 18.7. The van der Waals surface area contributed by atoms with E-state index in [0.29, 0.717) is 57.2 Å². The highest BCUT2D eigenvalue weighted by Crippen LogP contribution is 2.33. The molecule has 1 aliphatic heterocycles. The highest BCUT2D eigenvalue weighted by molar-refractivity contribution is 5.67. The van der Waals surface area contributed by atoms with Crippen molar-refractivity contribution in [2.24, 2.45) is 0 Å². The highest BCUT2D eigenvalue weighted by atomic mass is 19.1. The first-order chi connectivity index (χ1) is 15.4. The number of piperazine rings is 1. The summed E-state index contributed by atoms with van der Waals surface area (Å²) in [5.74, 6) is -0.563. The zero-order valence-electron chi connectivity index (χ0n) is 18.7. The molecule has 9 heteroatoms. The normalized spacial score (nSPS) is 15.6. The molecule has 1 saturated heterocycles. The van der Waals surface area contributed by atoms with Gasteiger partial charge in [-0.1, -0.05) is 12.1 Å². The van der Waals surface area contributed by atoms with E-state index in [1.807, 2.05) is 4.90 Å². The van der Waals surface area contributed by atoms with Crippen molar-refractivity contribution in [1.82, 2.24) is 14.4 Å². The molecule has 1 aromatic heterocycles. The van der Waals surface area contributed by atoms with Crippen LogP contribution in [0.15, 0.2) is 35.1 Å². The van der Waals surface area contributed by atoms with Gasteiger partial charge < -0.3 is 24.0 Å². The molecule has 8 nitrogen and oxygen atoms in total. The van der Waals surface area contributed by atoms with Crippen LogP contribution in [-0.2, 0) is 16.0 Å². The number of benzene rings is 1. The minimum Gasteiger partial charge on any atom is -0.507 e. The lowest BCUT2D eigenvalue weighted by atomic mass is 9.96. The summed E-state index contributed by atoms with van der Waals surface area (Å²) in [4.78, 5) is 29.1. The molecule has 32 heavy (non-hydrogen) atoms. The minimum atomic E-state index is -0.669. The SMILES string of the molecule is CCOC(=O)N1CCN(C(c2cccc(F)c2)c2c(O)cc(C)n(CCOC)c2=O)CC1. The molecule has 1 aromatic carbocycles. The molecule has 1 amide bonds. The summed E-state index contributed by atoms with van der Waals surface area (Å²) < 4.78 is 25.9. The van der Waals surface area contributed by atoms with Crippen LogP contribution >= 0.6 is 0 Å². The Labute approximate surface area is 186 Å². The fraction of sp³-hybridized carbons (Fsp3) is 0.478. The fourth-order valence-corrected chi connectivity index (χ4v) is 4.10. The van der Waals surface area contributed by atoms with Gasteiger partial charge in [0.25, 0.3) is 5.56 Å². The molecule has 174 valence electrons. The number of aryl methyl sites for hydroxylation is 1. The Balaban J connectivity index is 2.02. The number of pyridine rings is 1. The lowest BCUT2D eigenvalue weighted by molar-refractivity contribution is 0.0708. The van der Waals surface area contributed by atoms with Crippen LogP contribution in [0.3, 0.4) is 0 Å². The molecule has 2 aromatic rings. The van der Waals surface area contributed by atoms with E-state index in [2.05, 4.69) is 0 Å². The van der Waals surface area contributed by atoms with Crippen molar-refractivity contribution >= 4 is 6.09 Å². The lowest BCUT2D eigenvalue weighted by Crippen LogP contribution is -2.50. The van der Waals surface area contributed by atoms with Crippen LogP contribution in [0, 0.1) is 12.7 Å². The second-order valence-electron chi connectivity index (χ2n) is 7.71. The van der Waals surface area contributed by atoms with Crippen molar-refractivity contribution in [3.8, 4) is 5.75 Å². The van der Waals surface area contributed by atoms with E-state index in [4.69, 9.17) is 9.47 Å². The third kappa shape index (κ3) is 5.11. The first-order valence-corrected chi connectivity index (χ1v) is 10.7. The molecule has 0 radical (unpaired) electrons. The average molecular weight is 448 g/mol. The van der Waals surface area contributed by atoms with E-state index in [-0.39, 0.29) is 23.0 Å². The first kappa shape index (κ1) is 23.7.